The third-order valence-corrected chi connectivity index (χ3v) is 4.10. The Balaban J connectivity index is 1.53. The van der Waals surface area contributed by atoms with Gasteiger partial charge in [-0.3, -0.25) is 0 Å². The van der Waals surface area contributed by atoms with E-state index in [9.17, 15) is 9.59 Å². The second kappa shape index (κ2) is 13.6. The summed E-state index contributed by atoms with van der Waals surface area (Å²) in [6.45, 7) is 1.36. The first-order valence-corrected chi connectivity index (χ1v) is 9.79. The minimum atomic E-state index is -0.423. The zero-order chi connectivity index (χ0) is 22.3. The van der Waals surface area contributed by atoms with E-state index < -0.39 is 11.9 Å². The van der Waals surface area contributed by atoms with Gasteiger partial charge in [-0.2, -0.15) is 0 Å². The van der Waals surface area contributed by atoms with Gasteiger partial charge in [0.25, 0.3) is 0 Å². The summed E-state index contributed by atoms with van der Waals surface area (Å²) in [4.78, 5) is 23.4. The summed E-state index contributed by atoms with van der Waals surface area (Å²) in [7, 11) is 3.20. The number of nitrogens with one attached hydrogen (secondary N) is 1. The summed E-state index contributed by atoms with van der Waals surface area (Å²) in [5.41, 5.74) is 1.75. The van der Waals surface area contributed by atoms with Crippen LogP contribution in [0.25, 0.3) is 12.2 Å². The maximum absolute atomic E-state index is 11.7. The number of carbonyl (C=O) groups is 2. The molecule has 0 spiro atoms. The molecule has 0 aliphatic heterocycles. The highest BCUT2D eigenvalue weighted by Gasteiger charge is 1.99. The Kier molecular flexibility index (Phi) is 10.4. The molecule has 0 heterocycles. The Morgan fingerprint density at radius 1 is 0.710 bits per heavy atom. The molecule has 0 bridgehead atoms. The van der Waals surface area contributed by atoms with Crippen molar-refractivity contribution in [1.82, 2.24) is 5.32 Å². The van der Waals surface area contributed by atoms with Gasteiger partial charge in [-0.15, -0.1) is 0 Å². The van der Waals surface area contributed by atoms with E-state index in [1.807, 2.05) is 48.5 Å². The van der Waals surface area contributed by atoms with Gasteiger partial charge in [0.1, 0.15) is 24.7 Å². The highest BCUT2D eigenvalue weighted by atomic mass is 16.5. The van der Waals surface area contributed by atoms with Gasteiger partial charge in [0.15, 0.2) is 0 Å². The van der Waals surface area contributed by atoms with E-state index in [0.717, 1.165) is 22.6 Å². The third kappa shape index (κ3) is 9.64. The van der Waals surface area contributed by atoms with Crippen LogP contribution in [0.3, 0.4) is 0 Å². The van der Waals surface area contributed by atoms with Crippen molar-refractivity contribution in [3.8, 4) is 11.5 Å². The summed E-state index contributed by atoms with van der Waals surface area (Å²) in [6, 6.07) is 14.6. The van der Waals surface area contributed by atoms with Gasteiger partial charge in [0.05, 0.1) is 14.2 Å². The Morgan fingerprint density at radius 2 is 1.10 bits per heavy atom. The maximum atomic E-state index is 11.7. The number of carbonyl (C=O) groups excluding carboxylic acids is 2. The summed E-state index contributed by atoms with van der Waals surface area (Å²) >= 11 is 0. The van der Waals surface area contributed by atoms with Gasteiger partial charge >= 0.3 is 11.9 Å². The van der Waals surface area contributed by atoms with Crippen molar-refractivity contribution in [2.45, 2.75) is 0 Å². The largest absolute Gasteiger partial charge is 0.497 e. The van der Waals surface area contributed by atoms with E-state index in [1.54, 1.807) is 26.4 Å². The van der Waals surface area contributed by atoms with E-state index in [0.29, 0.717) is 13.1 Å². The van der Waals surface area contributed by atoms with Crippen LogP contribution in [-0.4, -0.2) is 52.5 Å². The SMILES string of the molecule is COc1ccc(/C=C\C(=O)OCCNCCOC(=O)/C=C\c2ccc(OC)cc2)cc1. The lowest BCUT2D eigenvalue weighted by Gasteiger charge is -2.05. The van der Waals surface area contributed by atoms with Crippen LogP contribution in [0, 0.1) is 0 Å². The van der Waals surface area contributed by atoms with E-state index in [4.69, 9.17) is 18.9 Å². The second-order valence-corrected chi connectivity index (χ2v) is 6.30. The average Bonchev–Trinajstić information content (AvgIpc) is 2.81. The number of ether oxygens (including phenoxy) is 4. The van der Waals surface area contributed by atoms with Crippen molar-refractivity contribution in [3.05, 3.63) is 71.8 Å². The molecule has 0 unspecified atom stereocenters. The fraction of sp³-hybridized carbons (Fsp3) is 0.250. The molecule has 0 fully saturated rings. The number of rotatable bonds is 12. The minimum absolute atomic E-state index is 0.219. The van der Waals surface area contributed by atoms with Crippen LogP contribution < -0.4 is 14.8 Å². The lowest BCUT2D eigenvalue weighted by atomic mass is 10.2. The molecule has 0 radical (unpaired) electrons. The molecule has 0 amide bonds. The van der Waals surface area contributed by atoms with Gasteiger partial charge < -0.3 is 24.3 Å². The third-order valence-electron chi connectivity index (χ3n) is 4.10. The number of hydrogen-bond acceptors (Lipinski definition) is 7. The predicted molar refractivity (Wildman–Crippen MR) is 119 cm³/mol. The average molecular weight is 425 g/mol. The van der Waals surface area contributed by atoms with Gasteiger partial charge in [0, 0.05) is 25.2 Å². The fourth-order valence-corrected chi connectivity index (χ4v) is 2.43. The molecular formula is C24H27NO6. The Hall–Kier alpha value is -3.58. The van der Waals surface area contributed by atoms with E-state index in [1.165, 1.54) is 12.2 Å². The molecule has 0 aliphatic rings. The number of hydrogen-bond donors (Lipinski definition) is 1. The van der Waals surface area contributed by atoms with Crippen LogP contribution in [-0.2, 0) is 19.1 Å². The van der Waals surface area contributed by atoms with Crippen LogP contribution in [0.4, 0.5) is 0 Å². The van der Waals surface area contributed by atoms with Crippen LogP contribution in [0.2, 0.25) is 0 Å². The summed E-state index contributed by atoms with van der Waals surface area (Å²) in [5, 5.41) is 3.04. The molecular weight excluding hydrogens is 398 g/mol. The first kappa shape index (κ1) is 23.7. The quantitative estimate of drug-likeness (QED) is 0.318. The molecule has 31 heavy (non-hydrogen) atoms. The zero-order valence-corrected chi connectivity index (χ0v) is 17.7. The predicted octanol–water partition coefficient (Wildman–Crippen LogP) is 3.11. The Bertz CT molecular complexity index is 798. The summed E-state index contributed by atoms with van der Waals surface area (Å²) in [5.74, 6) is 0.662. The van der Waals surface area contributed by atoms with E-state index in [2.05, 4.69) is 5.32 Å². The molecule has 2 rings (SSSR count). The highest BCUT2D eigenvalue weighted by Crippen LogP contribution is 2.13. The van der Waals surface area contributed by atoms with Crippen LogP contribution >= 0.6 is 0 Å². The Morgan fingerprint density at radius 3 is 1.45 bits per heavy atom. The van der Waals surface area contributed by atoms with Crippen molar-refractivity contribution < 1.29 is 28.5 Å². The molecule has 0 aliphatic carbocycles. The fourth-order valence-electron chi connectivity index (χ4n) is 2.43. The van der Waals surface area contributed by atoms with Crippen molar-refractivity contribution in [3.63, 3.8) is 0 Å². The van der Waals surface area contributed by atoms with Crippen LogP contribution in [0.15, 0.2) is 60.7 Å². The molecule has 1 N–H and O–H groups in total. The normalized spacial score (nSPS) is 10.9. The van der Waals surface area contributed by atoms with Gasteiger partial charge in [0.2, 0.25) is 0 Å². The molecule has 0 atom stereocenters. The van der Waals surface area contributed by atoms with Crippen LogP contribution in [0.1, 0.15) is 11.1 Å². The standard InChI is InChI=1S/C24H27NO6/c1-28-21-9-3-19(4-10-21)7-13-23(26)30-17-15-25-16-18-31-24(27)14-8-20-5-11-22(29-2)12-6-20/h3-14,25H,15-18H2,1-2H3/b13-7-,14-8-. The topological polar surface area (TPSA) is 83.1 Å². The van der Waals surface area contributed by atoms with Gasteiger partial charge in [-0.1, -0.05) is 24.3 Å². The molecule has 0 saturated carbocycles. The summed E-state index contributed by atoms with van der Waals surface area (Å²) in [6.07, 6.45) is 6.10. The molecule has 2 aromatic carbocycles. The molecule has 2 aromatic rings. The Labute approximate surface area is 182 Å². The molecule has 7 heteroatoms. The molecule has 0 aromatic heterocycles. The highest BCUT2D eigenvalue weighted by molar-refractivity contribution is 5.87. The van der Waals surface area contributed by atoms with Crippen molar-refractivity contribution in [2.75, 3.05) is 40.5 Å². The van der Waals surface area contributed by atoms with Gasteiger partial charge in [-0.25, -0.2) is 9.59 Å². The number of methoxy groups -OCH3 is 2. The van der Waals surface area contributed by atoms with Crippen molar-refractivity contribution in [1.29, 1.82) is 0 Å². The number of benzene rings is 2. The van der Waals surface area contributed by atoms with E-state index >= 15 is 0 Å². The maximum Gasteiger partial charge on any atom is 0.330 e. The lowest BCUT2D eigenvalue weighted by Crippen LogP contribution is -2.25. The zero-order valence-electron chi connectivity index (χ0n) is 17.7. The van der Waals surface area contributed by atoms with Gasteiger partial charge in [-0.05, 0) is 47.5 Å². The summed E-state index contributed by atoms with van der Waals surface area (Å²) < 4.78 is 20.4. The molecule has 164 valence electrons. The number of esters is 2. The first-order chi connectivity index (χ1) is 15.1. The minimum Gasteiger partial charge on any atom is -0.497 e. The van der Waals surface area contributed by atoms with Crippen molar-refractivity contribution >= 4 is 24.1 Å². The first-order valence-electron chi connectivity index (χ1n) is 9.79. The van der Waals surface area contributed by atoms with Crippen LogP contribution in [0.5, 0.6) is 11.5 Å². The molecule has 0 saturated heterocycles. The van der Waals surface area contributed by atoms with Crippen molar-refractivity contribution in [2.24, 2.45) is 0 Å². The molecule has 7 nitrogen and oxygen atoms in total. The lowest BCUT2D eigenvalue weighted by molar-refractivity contribution is -0.137. The smallest absolute Gasteiger partial charge is 0.330 e. The second-order valence-electron chi connectivity index (χ2n) is 6.30. The van der Waals surface area contributed by atoms with E-state index in [-0.39, 0.29) is 13.2 Å². The monoisotopic (exact) mass is 425 g/mol.